The third-order valence-corrected chi connectivity index (χ3v) is 6.88. The number of amidine groups is 1. The van der Waals surface area contributed by atoms with E-state index in [4.69, 9.17) is 16.6 Å². The molecule has 4 nitrogen and oxygen atoms in total. The van der Waals surface area contributed by atoms with Crippen LogP contribution in [0.2, 0.25) is 5.02 Å². The lowest BCUT2D eigenvalue weighted by Gasteiger charge is -2.37. The third kappa shape index (κ3) is 3.26. The fourth-order valence-electron chi connectivity index (χ4n) is 4.17. The first-order valence-electron chi connectivity index (χ1n) is 9.59. The number of fused-ring (bicyclic) bond motifs is 1. The topological polar surface area (TPSA) is 52.9 Å². The Bertz CT molecular complexity index is 1030. The molecule has 150 valence electrons. The second-order valence-corrected chi connectivity index (χ2v) is 9.42. The fraction of sp³-hybridized carbons (Fsp3) is 0.304. The highest BCUT2D eigenvalue weighted by Crippen LogP contribution is 2.55. The van der Waals surface area contributed by atoms with Crippen LogP contribution in [0.3, 0.4) is 0 Å². The third-order valence-electron chi connectivity index (χ3n) is 5.57. The van der Waals surface area contributed by atoms with Gasteiger partial charge in [-0.3, -0.25) is 0 Å². The number of halogens is 1. The minimum absolute atomic E-state index is 0.0523. The minimum atomic E-state index is -0.900. The van der Waals surface area contributed by atoms with E-state index in [-0.39, 0.29) is 12.0 Å². The highest BCUT2D eigenvalue weighted by Gasteiger charge is 2.53. The average Bonchev–Trinajstić information content (AvgIpc) is 3.16. The number of rotatable bonds is 4. The number of thioether (sulfide) groups is 1. The number of hydrogen-bond acceptors (Lipinski definition) is 4. The van der Waals surface area contributed by atoms with E-state index >= 15 is 0 Å². The van der Waals surface area contributed by atoms with Gasteiger partial charge >= 0.3 is 5.97 Å². The fourth-order valence-corrected chi connectivity index (χ4v) is 5.54. The van der Waals surface area contributed by atoms with Crippen molar-refractivity contribution in [3.8, 4) is 0 Å². The van der Waals surface area contributed by atoms with Gasteiger partial charge in [-0.15, -0.1) is 0 Å². The van der Waals surface area contributed by atoms with E-state index in [1.54, 1.807) is 0 Å². The van der Waals surface area contributed by atoms with E-state index in [9.17, 15) is 9.90 Å². The van der Waals surface area contributed by atoms with Crippen molar-refractivity contribution in [3.05, 3.63) is 80.8 Å². The Kier molecular flexibility index (Phi) is 4.99. The zero-order valence-corrected chi connectivity index (χ0v) is 18.4. The number of carbonyl (C=O) groups is 1. The molecule has 2 aromatic rings. The number of carboxylic acid groups (broad SMARTS) is 1. The van der Waals surface area contributed by atoms with Crippen LogP contribution in [-0.2, 0) is 10.3 Å². The zero-order chi connectivity index (χ0) is 20.9. The molecule has 0 fully saturated rings. The van der Waals surface area contributed by atoms with Crippen molar-refractivity contribution >= 4 is 34.5 Å². The Hall–Kier alpha value is -2.24. The summed E-state index contributed by atoms with van der Waals surface area (Å²) < 4.78 is 0. The largest absolute Gasteiger partial charge is 0.477 e. The first-order valence-corrected chi connectivity index (χ1v) is 10.8. The van der Waals surface area contributed by atoms with Crippen molar-refractivity contribution in [2.45, 2.75) is 39.3 Å². The molecule has 2 aliphatic rings. The summed E-state index contributed by atoms with van der Waals surface area (Å²) in [6, 6.07) is 16.1. The Morgan fingerprint density at radius 3 is 2.34 bits per heavy atom. The van der Waals surface area contributed by atoms with Gasteiger partial charge in [0.2, 0.25) is 0 Å². The van der Waals surface area contributed by atoms with Crippen LogP contribution >= 0.6 is 23.4 Å². The predicted octanol–water partition coefficient (Wildman–Crippen LogP) is 5.98. The van der Waals surface area contributed by atoms with Crippen LogP contribution in [0.1, 0.15) is 43.5 Å². The molecule has 0 amide bonds. The number of aryl methyl sites for hydroxylation is 1. The van der Waals surface area contributed by atoms with Crippen LogP contribution in [0.4, 0.5) is 0 Å². The number of aliphatic carboxylic acids is 1. The van der Waals surface area contributed by atoms with Gasteiger partial charge in [-0.2, -0.15) is 0 Å². The molecule has 0 bridgehead atoms. The lowest BCUT2D eigenvalue weighted by atomic mass is 9.81. The van der Waals surface area contributed by atoms with Gasteiger partial charge < -0.3 is 10.0 Å². The summed E-state index contributed by atoms with van der Waals surface area (Å²) in [6.45, 7) is 8.25. The molecule has 0 aromatic heterocycles. The Balaban J connectivity index is 1.92. The van der Waals surface area contributed by atoms with Crippen LogP contribution in [0.5, 0.6) is 0 Å². The lowest BCUT2D eigenvalue weighted by molar-refractivity contribution is -0.131. The van der Waals surface area contributed by atoms with Gasteiger partial charge in [0.1, 0.15) is 10.4 Å². The second-order valence-electron chi connectivity index (χ2n) is 8.01. The smallest absolute Gasteiger partial charge is 0.344 e. The first kappa shape index (κ1) is 20.0. The van der Waals surface area contributed by atoms with Gasteiger partial charge in [0, 0.05) is 10.7 Å². The van der Waals surface area contributed by atoms with E-state index < -0.39 is 11.5 Å². The quantitative estimate of drug-likeness (QED) is 0.653. The lowest BCUT2D eigenvalue weighted by Crippen LogP contribution is -2.36. The van der Waals surface area contributed by atoms with Gasteiger partial charge in [-0.25, -0.2) is 9.79 Å². The maximum absolute atomic E-state index is 11.9. The minimum Gasteiger partial charge on any atom is -0.477 e. The molecule has 0 radical (unpaired) electrons. The maximum atomic E-state index is 11.9. The summed E-state index contributed by atoms with van der Waals surface area (Å²) in [7, 11) is 0. The molecule has 2 aliphatic heterocycles. The summed E-state index contributed by atoms with van der Waals surface area (Å²) in [6.07, 6.45) is 0. The number of allylic oxidation sites excluding steroid dienone is 1. The number of nitrogens with zero attached hydrogens (tertiary/aromatic N) is 2. The molecule has 0 saturated carbocycles. The molecular weight excluding hydrogens is 404 g/mol. The molecule has 4 rings (SSSR count). The maximum Gasteiger partial charge on any atom is 0.344 e. The number of carboxylic acids is 1. The van der Waals surface area contributed by atoms with Crippen molar-refractivity contribution in [2.75, 3.05) is 0 Å². The Morgan fingerprint density at radius 1 is 1.17 bits per heavy atom. The summed E-state index contributed by atoms with van der Waals surface area (Å²) in [4.78, 5) is 19.5. The Morgan fingerprint density at radius 2 is 1.79 bits per heavy atom. The van der Waals surface area contributed by atoms with E-state index in [1.807, 2.05) is 38.1 Å². The Labute approximate surface area is 180 Å². The standard InChI is InChI=1S/C23H23ClN2O2S/c1-13(2)18-19(21(27)28)29-22-25-23(4,16-9-5-14(3)6-10-16)20(26(18)22)15-7-11-17(24)12-8-15/h5-13,20H,1-4H3,(H,27,28)/t20-,23+/m1/s1. The molecule has 2 heterocycles. The molecule has 0 aliphatic carbocycles. The van der Waals surface area contributed by atoms with Crippen LogP contribution in [0, 0.1) is 12.8 Å². The van der Waals surface area contributed by atoms with Gasteiger partial charge in [0.15, 0.2) is 5.17 Å². The van der Waals surface area contributed by atoms with Crippen LogP contribution in [-0.4, -0.2) is 21.1 Å². The SMILES string of the molecule is Cc1ccc([C@]2(C)N=C3SC(C(=O)O)=C(C(C)C)N3[C@@H]2c2ccc(Cl)cc2)cc1. The zero-order valence-electron chi connectivity index (χ0n) is 16.8. The molecule has 2 aromatic carbocycles. The molecule has 2 atom stereocenters. The molecule has 1 N–H and O–H groups in total. The highest BCUT2D eigenvalue weighted by molar-refractivity contribution is 8.18. The average molecular weight is 427 g/mol. The summed E-state index contributed by atoms with van der Waals surface area (Å²) in [5.41, 5.74) is 3.62. The van der Waals surface area contributed by atoms with E-state index in [0.29, 0.717) is 9.93 Å². The molecule has 6 heteroatoms. The van der Waals surface area contributed by atoms with Crippen LogP contribution < -0.4 is 0 Å². The summed E-state index contributed by atoms with van der Waals surface area (Å²) >= 11 is 7.40. The van der Waals surface area contributed by atoms with Crippen molar-refractivity contribution in [3.63, 3.8) is 0 Å². The molecule has 29 heavy (non-hydrogen) atoms. The summed E-state index contributed by atoms with van der Waals surface area (Å²) in [5, 5.41) is 11.2. The predicted molar refractivity (Wildman–Crippen MR) is 119 cm³/mol. The van der Waals surface area contributed by atoms with Crippen molar-refractivity contribution < 1.29 is 9.90 Å². The highest BCUT2D eigenvalue weighted by atomic mass is 35.5. The summed E-state index contributed by atoms with van der Waals surface area (Å²) in [5.74, 6) is -0.848. The normalized spacial score (nSPS) is 23.6. The molecule has 0 spiro atoms. The van der Waals surface area contributed by atoms with Gasteiger partial charge in [-0.05, 0) is 54.8 Å². The van der Waals surface area contributed by atoms with Crippen molar-refractivity contribution in [1.82, 2.24) is 4.90 Å². The van der Waals surface area contributed by atoms with E-state index in [2.05, 4.69) is 43.0 Å². The molecule has 0 unspecified atom stereocenters. The number of aliphatic imine (C=N–C) groups is 1. The monoisotopic (exact) mass is 426 g/mol. The van der Waals surface area contributed by atoms with Crippen molar-refractivity contribution in [1.29, 1.82) is 0 Å². The number of benzene rings is 2. The van der Waals surface area contributed by atoms with Gasteiger partial charge in [0.05, 0.1) is 6.04 Å². The number of hydrogen-bond donors (Lipinski definition) is 1. The van der Waals surface area contributed by atoms with E-state index in [1.165, 1.54) is 17.3 Å². The molecular formula is C23H23ClN2O2S. The van der Waals surface area contributed by atoms with Gasteiger partial charge in [-0.1, -0.05) is 67.4 Å². The second kappa shape index (κ2) is 7.22. The van der Waals surface area contributed by atoms with Gasteiger partial charge in [0.25, 0.3) is 0 Å². The first-order chi connectivity index (χ1) is 13.7. The van der Waals surface area contributed by atoms with Crippen LogP contribution in [0.15, 0.2) is 64.1 Å². The van der Waals surface area contributed by atoms with Crippen molar-refractivity contribution in [2.24, 2.45) is 10.9 Å². The molecule has 0 saturated heterocycles. The van der Waals surface area contributed by atoms with Crippen LogP contribution in [0.25, 0.3) is 0 Å². The van der Waals surface area contributed by atoms with E-state index in [0.717, 1.165) is 22.0 Å².